The predicted molar refractivity (Wildman–Crippen MR) is 146 cm³/mol. The summed E-state index contributed by atoms with van der Waals surface area (Å²) in [6.07, 6.45) is 2.51. The largest absolute Gasteiger partial charge is 0.494 e. The fourth-order valence-corrected chi connectivity index (χ4v) is 3.56. The summed E-state index contributed by atoms with van der Waals surface area (Å²) in [5.74, 6) is 0.544. The number of rotatable bonds is 13. The molecular formula is C31H32O8. The minimum atomic E-state index is -0.525. The van der Waals surface area contributed by atoms with Crippen LogP contribution in [0.25, 0.3) is 0 Å². The lowest BCUT2D eigenvalue weighted by molar-refractivity contribution is -0.137. The molecule has 8 heteroatoms. The van der Waals surface area contributed by atoms with Crippen LogP contribution in [0.1, 0.15) is 51.6 Å². The van der Waals surface area contributed by atoms with Crippen LogP contribution in [0.5, 0.6) is 23.0 Å². The summed E-state index contributed by atoms with van der Waals surface area (Å²) in [7, 11) is 0. The number of hydrogen-bond donors (Lipinski definition) is 0. The highest BCUT2D eigenvalue weighted by molar-refractivity contribution is 5.92. The standard InChI is InChI=1S/C31H32O8/c1-5-29(32)37-18-8-7-17-36-28-16-10-24(20-22(28)4)31(34)39-26-13-11-25(12-14-26)38-30(33)23-9-15-27(35-6-2)21(3)19-23/h5,9-16,19-20H,1,6-8,17-18H2,2-4H3. The molecule has 0 atom stereocenters. The van der Waals surface area contributed by atoms with E-state index in [0.717, 1.165) is 23.0 Å². The number of unbranched alkanes of at least 4 members (excludes halogenated alkanes) is 1. The molecule has 0 bridgehead atoms. The van der Waals surface area contributed by atoms with Gasteiger partial charge in [-0.15, -0.1) is 0 Å². The van der Waals surface area contributed by atoms with Gasteiger partial charge in [-0.25, -0.2) is 14.4 Å². The van der Waals surface area contributed by atoms with Gasteiger partial charge in [0.25, 0.3) is 0 Å². The first-order valence-electron chi connectivity index (χ1n) is 12.6. The van der Waals surface area contributed by atoms with Gasteiger partial charge in [0.15, 0.2) is 0 Å². The Morgan fingerprint density at radius 3 is 1.67 bits per heavy atom. The average molecular weight is 533 g/mol. The molecule has 0 fully saturated rings. The van der Waals surface area contributed by atoms with Crippen molar-refractivity contribution < 1.29 is 38.1 Å². The van der Waals surface area contributed by atoms with Gasteiger partial charge in [-0.05, 0) is 105 Å². The number of aryl methyl sites for hydroxylation is 2. The third kappa shape index (κ3) is 8.74. The van der Waals surface area contributed by atoms with Crippen molar-refractivity contribution in [3.05, 3.63) is 95.6 Å². The lowest BCUT2D eigenvalue weighted by Gasteiger charge is -2.11. The predicted octanol–water partition coefficient (Wildman–Crippen LogP) is 6.03. The van der Waals surface area contributed by atoms with E-state index in [-0.39, 0.29) is 0 Å². The zero-order valence-corrected chi connectivity index (χ0v) is 22.4. The zero-order chi connectivity index (χ0) is 28.2. The maximum absolute atomic E-state index is 12.6. The highest BCUT2D eigenvalue weighted by atomic mass is 16.5. The van der Waals surface area contributed by atoms with E-state index >= 15 is 0 Å². The number of benzene rings is 3. The van der Waals surface area contributed by atoms with E-state index in [1.165, 1.54) is 0 Å². The first kappa shape index (κ1) is 29.0. The molecule has 0 unspecified atom stereocenters. The smallest absolute Gasteiger partial charge is 0.343 e. The fourth-order valence-electron chi connectivity index (χ4n) is 3.56. The van der Waals surface area contributed by atoms with E-state index in [1.54, 1.807) is 60.7 Å². The second-order valence-corrected chi connectivity index (χ2v) is 8.57. The zero-order valence-electron chi connectivity index (χ0n) is 22.4. The first-order valence-corrected chi connectivity index (χ1v) is 12.6. The van der Waals surface area contributed by atoms with Crippen molar-refractivity contribution >= 4 is 17.9 Å². The highest BCUT2D eigenvalue weighted by Gasteiger charge is 2.14. The molecule has 3 aromatic rings. The molecular weight excluding hydrogens is 500 g/mol. The monoisotopic (exact) mass is 532 g/mol. The summed E-state index contributed by atoms with van der Waals surface area (Å²) in [5, 5.41) is 0. The molecule has 0 aromatic heterocycles. The average Bonchev–Trinajstić information content (AvgIpc) is 2.93. The van der Waals surface area contributed by atoms with Gasteiger partial charge in [-0.2, -0.15) is 0 Å². The fraction of sp³-hybridized carbons (Fsp3) is 0.258. The van der Waals surface area contributed by atoms with Crippen LogP contribution in [-0.2, 0) is 9.53 Å². The van der Waals surface area contributed by atoms with Gasteiger partial charge in [0.1, 0.15) is 23.0 Å². The third-order valence-corrected chi connectivity index (χ3v) is 5.57. The Bertz CT molecular complexity index is 1310. The van der Waals surface area contributed by atoms with Crippen molar-refractivity contribution in [3.8, 4) is 23.0 Å². The third-order valence-electron chi connectivity index (χ3n) is 5.57. The molecule has 204 valence electrons. The van der Waals surface area contributed by atoms with E-state index in [0.29, 0.717) is 61.0 Å². The number of ether oxygens (including phenoxy) is 5. The number of carbonyl (C=O) groups is 3. The highest BCUT2D eigenvalue weighted by Crippen LogP contribution is 2.24. The van der Waals surface area contributed by atoms with Crippen LogP contribution < -0.4 is 18.9 Å². The van der Waals surface area contributed by atoms with Gasteiger partial charge in [0, 0.05) is 6.08 Å². The van der Waals surface area contributed by atoms with E-state index in [2.05, 4.69) is 6.58 Å². The Morgan fingerprint density at radius 2 is 1.21 bits per heavy atom. The molecule has 3 aromatic carbocycles. The Kier molecular flexibility index (Phi) is 10.7. The molecule has 8 nitrogen and oxygen atoms in total. The van der Waals surface area contributed by atoms with Gasteiger partial charge < -0.3 is 23.7 Å². The van der Waals surface area contributed by atoms with E-state index in [9.17, 15) is 14.4 Å². The van der Waals surface area contributed by atoms with Crippen molar-refractivity contribution in [2.45, 2.75) is 33.6 Å². The maximum atomic E-state index is 12.6. The SMILES string of the molecule is C=CC(=O)OCCCCOc1ccc(C(=O)Oc2ccc(OC(=O)c3ccc(OCC)c(C)c3)cc2)cc1C. The molecule has 39 heavy (non-hydrogen) atoms. The molecule has 0 radical (unpaired) electrons. The Labute approximate surface area is 228 Å². The molecule has 3 rings (SSSR count). The lowest BCUT2D eigenvalue weighted by Crippen LogP contribution is -2.10. The van der Waals surface area contributed by atoms with Gasteiger partial charge in [0.05, 0.1) is 30.9 Å². The molecule has 0 heterocycles. The molecule has 0 saturated carbocycles. The second kappa shape index (κ2) is 14.4. The van der Waals surface area contributed by atoms with E-state index in [1.807, 2.05) is 20.8 Å². The molecule has 0 spiro atoms. The maximum Gasteiger partial charge on any atom is 0.343 e. The van der Waals surface area contributed by atoms with Crippen molar-refractivity contribution in [1.82, 2.24) is 0 Å². The van der Waals surface area contributed by atoms with Crippen LogP contribution in [0.2, 0.25) is 0 Å². The quantitative estimate of drug-likeness (QED) is 0.114. The second-order valence-electron chi connectivity index (χ2n) is 8.57. The molecule has 0 amide bonds. The number of hydrogen-bond acceptors (Lipinski definition) is 8. The van der Waals surface area contributed by atoms with Gasteiger partial charge >= 0.3 is 17.9 Å². The minimum absolute atomic E-state index is 0.309. The van der Waals surface area contributed by atoms with Crippen molar-refractivity contribution in [3.63, 3.8) is 0 Å². The molecule has 0 saturated heterocycles. The summed E-state index contributed by atoms with van der Waals surface area (Å²) in [5.41, 5.74) is 2.40. The van der Waals surface area contributed by atoms with Crippen molar-refractivity contribution in [1.29, 1.82) is 0 Å². The molecule has 0 N–H and O–H groups in total. The summed E-state index contributed by atoms with van der Waals surface area (Å²) in [6, 6.07) is 16.4. The van der Waals surface area contributed by atoms with Crippen LogP contribution in [-0.4, -0.2) is 37.7 Å². The van der Waals surface area contributed by atoms with Gasteiger partial charge in [-0.1, -0.05) is 6.58 Å². The minimum Gasteiger partial charge on any atom is -0.494 e. The summed E-state index contributed by atoms with van der Waals surface area (Å²) >= 11 is 0. The topological polar surface area (TPSA) is 97.4 Å². The van der Waals surface area contributed by atoms with Crippen LogP contribution >= 0.6 is 0 Å². The summed E-state index contributed by atoms with van der Waals surface area (Å²) in [6.45, 7) is 10.2. The van der Waals surface area contributed by atoms with Crippen LogP contribution in [0.3, 0.4) is 0 Å². The van der Waals surface area contributed by atoms with Crippen LogP contribution in [0.15, 0.2) is 73.3 Å². The number of esters is 3. The van der Waals surface area contributed by atoms with Gasteiger partial charge in [-0.3, -0.25) is 0 Å². The van der Waals surface area contributed by atoms with E-state index < -0.39 is 17.9 Å². The normalized spacial score (nSPS) is 10.3. The first-order chi connectivity index (χ1) is 18.8. The number of carbonyl (C=O) groups excluding carboxylic acids is 3. The van der Waals surface area contributed by atoms with E-state index in [4.69, 9.17) is 23.7 Å². The summed E-state index contributed by atoms with van der Waals surface area (Å²) in [4.78, 5) is 36.2. The summed E-state index contributed by atoms with van der Waals surface area (Å²) < 4.78 is 27.1. The lowest BCUT2D eigenvalue weighted by atomic mass is 10.1. The molecule has 0 aliphatic heterocycles. The van der Waals surface area contributed by atoms with Gasteiger partial charge in [0.2, 0.25) is 0 Å². The van der Waals surface area contributed by atoms with Crippen LogP contribution in [0, 0.1) is 13.8 Å². The van der Waals surface area contributed by atoms with Crippen molar-refractivity contribution in [2.75, 3.05) is 19.8 Å². The molecule has 0 aliphatic rings. The Hall–Kier alpha value is -4.59. The van der Waals surface area contributed by atoms with Crippen LogP contribution in [0.4, 0.5) is 0 Å². The van der Waals surface area contributed by atoms with Crippen molar-refractivity contribution in [2.24, 2.45) is 0 Å². The molecule has 0 aliphatic carbocycles. The Morgan fingerprint density at radius 1 is 0.718 bits per heavy atom. The Balaban J connectivity index is 1.49.